The Labute approximate surface area is 119 Å². The molecular formula is C13H14ClF2N3O. The normalized spacial score (nSPS) is 11.1. The number of halogens is 3. The van der Waals surface area contributed by atoms with Gasteiger partial charge in [0.25, 0.3) is 0 Å². The first-order valence-electron chi connectivity index (χ1n) is 6.04. The van der Waals surface area contributed by atoms with Crippen molar-refractivity contribution < 1.29 is 13.6 Å². The molecule has 0 aliphatic rings. The van der Waals surface area contributed by atoms with E-state index in [1.165, 1.54) is 11.0 Å². The van der Waals surface area contributed by atoms with Gasteiger partial charge in [0.05, 0.1) is 11.4 Å². The number of hydrogen-bond acceptors (Lipinski definition) is 2. The molecule has 0 bridgehead atoms. The number of carbonyl (C=O) groups is 1. The summed E-state index contributed by atoms with van der Waals surface area (Å²) in [5.74, 6) is -1.02. The van der Waals surface area contributed by atoms with Gasteiger partial charge in [-0.3, -0.25) is 4.79 Å². The summed E-state index contributed by atoms with van der Waals surface area (Å²) in [6.45, 7) is 0.276. The van der Waals surface area contributed by atoms with Gasteiger partial charge in [0, 0.05) is 33.1 Å². The molecule has 0 radical (unpaired) electrons. The van der Waals surface area contributed by atoms with Crippen LogP contribution in [0.3, 0.4) is 0 Å². The van der Waals surface area contributed by atoms with Gasteiger partial charge in [0.15, 0.2) is 5.82 Å². The molecule has 4 nitrogen and oxygen atoms in total. The van der Waals surface area contributed by atoms with Crippen LogP contribution in [0.1, 0.15) is 12.2 Å². The molecule has 108 valence electrons. The van der Waals surface area contributed by atoms with Gasteiger partial charge in [0.2, 0.25) is 5.91 Å². The third-order valence-electron chi connectivity index (χ3n) is 3.02. The van der Waals surface area contributed by atoms with E-state index in [4.69, 9.17) is 11.6 Å². The average Bonchev–Trinajstić information content (AvgIpc) is 2.73. The van der Waals surface area contributed by atoms with Crippen molar-refractivity contribution in [2.45, 2.75) is 18.8 Å². The highest BCUT2D eigenvalue weighted by molar-refractivity contribution is 6.16. The van der Waals surface area contributed by atoms with E-state index < -0.39 is 11.6 Å². The van der Waals surface area contributed by atoms with Crippen LogP contribution in [0.2, 0.25) is 0 Å². The molecule has 7 heteroatoms. The highest BCUT2D eigenvalue weighted by Gasteiger charge is 2.16. The first-order valence-corrected chi connectivity index (χ1v) is 6.57. The highest BCUT2D eigenvalue weighted by Crippen LogP contribution is 2.22. The summed E-state index contributed by atoms with van der Waals surface area (Å²) >= 11 is 5.78. The van der Waals surface area contributed by atoms with E-state index in [2.05, 4.69) is 4.98 Å². The third kappa shape index (κ3) is 2.75. The minimum Gasteiger partial charge on any atom is -0.349 e. The summed E-state index contributed by atoms with van der Waals surface area (Å²) in [7, 11) is 3.30. The van der Waals surface area contributed by atoms with Crippen LogP contribution in [0.15, 0.2) is 12.1 Å². The number of nitrogens with zero attached hydrogens (tertiary/aromatic N) is 3. The van der Waals surface area contributed by atoms with E-state index in [0.717, 1.165) is 6.07 Å². The van der Waals surface area contributed by atoms with Gasteiger partial charge < -0.3 is 9.47 Å². The lowest BCUT2D eigenvalue weighted by Crippen LogP contribution is -2.23. The van der Waals surface area contributed by atoms with Crippen molar-refractivity contribution in [2.75, 3.05) is 14.1 Å². The Balaban J connectivity index is 2.42. The number of amides is 1. The fraction of sp³-hybridized carbons (Fsp3) is 0.385. The molecule has 0 saturated carbocycles. The number of imidazole rings is 1. The highest BCUT2D eigenvalue weighted by atomic mass is 35.5. The average molecular weight is 302 g/mol. The second-order valence-corrected chi connectivity index (χ2v) is 4.87. The summed E-state index contributed by atoms with van der Waals surface area (Å²) in [4.78, 5) is 17.1. The Hall–Kier alpha value is -1.69. The Morgan fingerprint density at radius 1 is 1.40 bits per heavy atom. The van der Waals surface area contributed by atoms with Crippen molar-refractivity contribution >= 4 is 28.5 Å². The first-order chi connectivity index (χ1) is 9.43. The van der Waals surface area contributed by atoms with Crippen LogP contribution in [0, 0.1) is 11.6 Å². The minimum atomic E-state index is -0.732. The Morgan fingerprint density at radius 2 is 2.10 bits per heavy atom. The van der Waals surface area contributed by atoms with Crippen LogP contribution < -0.4 is 0 Å². The zero-order chi connectivity index (χ0) is 14.9. The zero-order valence-corrected chi connectivity index (χ0v) is 11.9. The van der Waals surface area contributed by atoms with Gasteiger partial charge in [-0.1, -0.05) is 0 Å². The van der Waals surface area contributed by atoms with Gasteiger partial charge >= 0.3 is 0 Å². The van der Waals surface area contributed by atoms with Crippen molar-refractivity contribution in [3.8, 4) is 0 Å². The number of benzene rings is 1. The Morgan fingerprint density at radius 3 is 2.70 bits per heavy atom. The Bertz CT molecular complexity index is 655. The van der Waals surface area contributed by atoms with Crippen molar-refractivity contribution in [2.24, 2.45) is 0 Å². The van der Waals surface area contributed by atoms with Gasteiger partial charge in [-0.15, -0.1) is 11.6 Å². The molecule has 0 saturated heterocycles. The number of aryl methyl sites for hydroxylation is 1. The molecule has 20 heavy (non-hydrogen) atoms. The second kappa shape index (κ2) is 5.75. The lowest BCUT2D eigenvalue weighted by molar-refractivity contribution is -0.128. The van der Waals surface area contributed by atoms with E-state index in [9.17, 15) is 13.6 Å². The largest absolute Gasteiger partial charge is 0.349 e. The first kappa shape index (κ1) is 14.7. The predicted molar refractivity (Wildman–Crippen MR) is 72.5 cm³/mol. The summed E-state index contributed by atoms with van der Waals surface area (Å²) in [6, 6.07) is 1.98. The molecule has 1 heterocycles. The van der Waals surface area contributed by atoms with Gasteiger partial charge in [-0.25, -0.2) is 13.8 Å². The molecule has 0 aliphatic carbocycles. The van der Waals surface area contributed by atoms with Crippen LogP contribution >= 0.6 is 11.6 Å². The monoisotopic (exact) mass is 301 g/mol. The molecule has 1 aromatic carbocycles. The van der Waals surface area contributed by atoms with Crippen LogP contribution in [-0.2, 0) is 17.2 Å². The van der Waals surface area contributed by atoms with E-state index in [1.54, 1.807) is 18.7 Å². The van der Waals surface area contributed by atoms with E-state index in [-0.39, 0.29) is 30.3 Å². The summed E-state index contributed by atoms with van der Waals surface area (Å²) < 4.78 is 28.6. The molecule has 0 fully saturated rings. The third-order valence-corrected chi connectivity index (χ3v) is 3.26. The SMILES string of the molecule is CN(C)C(=O)CCn1c(CCl)nc2c(F)cc(F)cc21. The molecule has 2 rings (SSSR count). The van der Waals surface area contributed by atoms with Gasteiger partial charge in [0.1, 0.15) is 17.2 Å². The molecule has 0 atom stereocenters. The lowest BCUT2D eigenvalue weighted by Gasteiger charge is -2.12. The van der Waals surface area contributed by atoms with E-state index in [1.807, 2.05) is 0 Å². The molecule has 1 aromatic heterocycles. The van der Waals surface area contributed by atoms with Gasteiger partial charge in [-0.05, 0) is 6.07 Å². The van der Waals surface area contributed by atoms with E-state index >= 15 is 0 Å². The summed E-state index contributed by atoms with van der Waals surface area (Å²) in [5.41, 5.74) is 0.379. The fourth-order valence-electron chi connectivity index (χ4n) is 1.98. The maximum absolute atomic E-state index is 13.7. The fourth-order valence-corrected chi connectivity index (χ4v) is 2.18. The standard InChI is InChI=1S/C13H14ClF2N3O/c1-18(2)12(20)3-4-19-10-6-8(15)5-9(16)13(10)17-11(19)7-14/h5-6H,3-4,7H2,1-2H3. The lowest BCUT2D eigenvalue weighted by atomic mass is 10.3. The maximum Gasteiger partial charge on any atom is 0.223 e. The Kier molecular flexibility index (Phi) is 4.23. The summed E-state index contributed by atoms with van der Waals surface area (Å²) in [5, 5.41) is 0. The molecule has 1 amide bonds. The van der Waals surface area contributed by atoms with Crippen molar-refractivity contribution in [1.29, 1.82) is 0 Å². The van der Waals surface area contributed by atoms with E-state index in [0.29, 0.717) is 11.3 Å². The number of fused-ring (bicyclic) bond motifs is 1. The van der Waals surface area contributed by atoms with Crippen molar-refractivity contribution in [1.82, 2.24) is 14.5 Å². The second-order valence-electron chi connectivity index (χ2n) is 4.61. The molecule has 0 N–H and O–H groups in total. The number of aromatic nitrogens is 2. The molecule has 2 aromatic rings. The van der Waals surface area contributed by atoms with Crippen molar-refractivity contribution in [3.05, 3.63) is 29.6 Å². The molecule has 0 unspecified atom stereocenters. The quantitative estimate of drug-likeness (QED) is 0.814. The number of alkyl halides is 1. The van der Waals surface area contributed by atoms with Crippen LogP contribution in [0.5, 0.6) is 0 Å². The number of rotatable bonds is 4. The van der Waals surface area contributed by atoms with Crippen LogP contribution in [0.4, 0.5) is 8.78 Å². The topological polar surface area (TPSA) is 38.1 Å². The molecular weight excluding hydrogens is 288 g/mol. The van der Waals surface area contributed by atoms with Gasteiger partial charge in [-0.2, -0.15) is 0 Å². The predicted octanol–water partition coefficient (Wildman–Crippen LogP) is 2.53. The van der Waals surface area contributed by atoms with Crippen LogP contribution in [0.25, 0.3) is 11.0 Å². The molecule has 0 spiro atoms. The smallest absolute Gasteiger partial charge is 0.223 e. The van der Waals surface area contributed by atoms with Crippen LogP contribution in [-0.4, -0.2) is 34.5 Å². The maximum atomic E-state index is 13.7. The number of hydrogen-bond donors (Lipinski definition) is 0. The molecule has 0 aliphatic heterocycles. The number of carbonyl (C=O) groups excluding carboxylic acids is 1. The van der Waals surface area contributed by atoms with Crippen molar-refractivity contribution in [3.63, 3.8) is 0 Å². The minimum absolute atomic E-state index is 0.0614. The zero-order valence-electron chi connectivity index (χ0n) is 11.2. The summed E-state index contributed by atoms with van der Waals surface area (Å²) in [6.07, 6.45) is 0.209.